The fourth-order valence-electron chi connectivity index (χ4n) is 5.51. The summed E-state index contributed by atoms with van der Waals surface area (Å²) >= 11 is 0. The molecule has 0 N–H and O–H groups in total. The van der Waals surface area contributed by atoms with Crippen molar-refractivity contribution in [1.82, 2.24) is 9.54 Å². The number of piperidine rings is 1. The Bertz CT molecular complexity index is 1050. The molecule has 34 heavy (non-hydrogen) atoms. The van der Waals surface area contributed by atoms with Crippen LogP contribution in [0.2, 0.25) is 0 Å². The lowest BCUT2D eigenvalue weighted by Gasteiger charge is -2.49. The molecule has 0 spiro atoms. The van der Waals surface area contributed by atoms with Crippen molar-refractivity contribution in [2.24, 2.45) is 4.99 Å². The highest BCUT2D eigenvalue weighted by molar-refractivity contribution is 6.41. The van der Waals surface area contributed by atoms with E-state index in [2.05, 4.69) is 4.99 Å². The second kappa shape index (κ2) is 9.42. The summed E-state index contributed by atoms with van der Waals surface area (Å²) in [5, 5.41) is 13.7. The second-order valence-corrected chi connectivity index (χ2v) is 10.8. The number of nitrogens with zero attached hydrogens (tertiary/aromatic N) is 3. The zero-order valence-corrected chi connectivity index (χ0v) is 21.5. The van der Waals surface area contributed by atoms with Gasteiger partial charge in [-0.2, -0.15) is 0 Å². The highest BCUT2D eigenvalue weighted by Gasteiger charge is 2.47. The third-order valence-corrected chi connectivity index (χ3v) is 6.70. The van der Waals surface area contributed by atoms with Crippen molar-refractivity contribution < 1.29 is 23.4 Å². The molecule has 9 heteroatoms. The van der Waals surface area contributed by atoms with Gasteiger partial charge in [0.15, 0.2) is 0 Å². The van der Waals surface area contributed by atoms with Gasteiger partial charge in [-0.1, -0.05) is 0 Å². The van der Waals surface area contributed by atoms with E-state index in [0.717, 1.165) is 20.8 Å². The highest BCUT2D eigenvalue weighted by Crippen LogP contribution is 2.39. The SMILES string of the molecule is CC1=CC(C)=N/C1=C(/CCC(=O)OC1CC(C)(C)N([O])C(C)(C)C1)c1c(C)cc(C)n1B(F)F. The van der Waals surface area contributed by atoms with Gasteiger partial charge in [0, 0.05) is 53.0 Å². The van der Waals surface area contributed by atoms with Gasteiger partial charge >= 0.3 is 13.4 Å². The number of esters is 1. The number of aryl methyl sites for hydroxylation is 2. The van der Waals surface area contributed by atoms with Gasteiger partial charge in [0.05, 0.1) is 5.70 Å². The molecule has 1 saturated heterocycles. The molecule has 0 amide bonds. The van der Waals surface area contributed by atoms with Crippen molar-refractivity contribution in [3.8, 4) is 0 Å². The lowest BCUT2D eigenvalue weighted by atomic mass is 9.80. The van der Waals surface area contributed by atoms with Gasteiger partial charge < -0.3 is 9.21 Å². The van der Waals surface area contributed by atoms with E-state index in [1.54, 1.807) is 19.9 Å². The lowest BCUT2D eigenvalue weighted by Crippen LogP contribution is -2.60. The average Bonchev–Trinajstić information content (AvgIpc) is 3.17. The van der Waals surface area contributed by atoms with Gasteiger partial charge in [-0.15, -0.1) is 10.3 Å². The summed E-state index contributed by atoms with van der Waals surface area (Å²) < 4.78 is 34.8. The van der Waals surface area contributed by atoms with Crippen molar-refractivity contribution in [1.29, 1.82) is 0 Å². The smallest absolute Gasteiger partial charge is 0.462 e. The highest BCUT2D eigenvalue weighted by atomic mass is 19.2. The van der Waals surface area contributed by atoms with Crippen molar-refractivity contribution >= 4 is 24.7 Å². The monoisotopic (exact) mass is 474 g/mol. The number of hydrogen-bond acceptors (Lipinski definition) is 4. The molecule has 2 aliphatic rings. The van der Waals surface area contributed by atoms with Crippen LogP contribution in [-0.2, 0) is 14.7 Å². The Hall–Kier alpha value is -2.26. The maximum atomic E-state index is 14.0. The van der Waals surface area contributed by atoms with Gasteiger partial charge in [0.25, 0.3) is 0 Å². The van der Waals surface area contributed by atoms with Crippen LogP contribution < -0.4 is 0 Å². The maximum Gasteiger partial charge on any atom is 0.677 e. The summed E-state index contributed by atoms with van der Waals surface area (Å²) in [6.07, 6.45) is 2.68. The molecule has 3 rings (SSSR count). The van der Waals surface area contributed by atoms with Crippen LogP contribution in [0.1, 0.15) is 84.2 Å². The molecule has 2 aliphatic heterocycles. The van der Waals surface area contributed by atoms with Crippen LogP contribution >= 0.6 is 0 Å². The number of carbonyl (C=O) groups excluding carboxylic acids is 1. The Morgan fingerprint density at radius 1 is 1.12 bits per heavy atom. The van der Waals surface area contributed by atoms with Crippen molar-refractivity contribution in [3.05, 3.63) is 40.4 Å². The number of allylic oxidation sites excluding steroid dienone is 3. The van der Waals surface area contributed by atoms with Crippen LogP contribution in [0, 0.1) is 13.8 Å². The average molecular weight is 474 g/mol. The first kappa shape index (κ1) is 26.4. The molecule has 0 atom stereocenters. The van der Waals surface area contributed by atoms with Crippen LogP contribution in [0.25, 0.3) is 5.57 Å². The van der Waals surface area contributed by atoms with Gasteiger partial charge in [-0.3, -0.25) is 18.4 Å². The third kappa shape index (κ3) is 5.20. The minimum atomic E-state index is -2.70. The summed E-state index contributed by atoms with van der Waals surface area (Å²) in [5.74, 6) is -0.404. The number of aromatic nitrogens is 1. The molecular formula is C25H35BF2N3O3. The Balaban J connectivity index is 1.86. The fourth-order valence-corrected chi connectivity index (χ4v) is 5.51. The molecule has 1 aromatic rings. The minimum Gasteiger partial charge on any atom is -0.462 e. The Morgan fingerprint density at radius 3 is 2.21 bits per heavy atom. The van der Waals surface area contributed by atoms with Crippen molar-refractivity contribution in [3.63, 3.8) is 0 Å². The van der Waals surface area contributed by atoms with Crippen LogP contribution in [0.4, 0.5) is 8.63 Å². The quantitative estimate of drug-likeness (QED) is 0.393. The molecule has 185 valence electrons. The van der Waals surface area contributed by atoms with Crippen molar-refractivity contribution in [2.45, 2.75) is 98.3 Å². The van der Waals surface area contributed by atoms with Gasteiger partial charge in [-0.05, 0) is 85.1 Å². The summed E-state index contributed by atoms with van der Waals surface area (Å²) in [5.41, 5.74) is 3.21. The lowest BCUT2D eigenvalue weighted by molar-refractivity contribution is -0.299. The van der Waals surface area contributed by atoms with Crippen LogP contribution in [0.3, 0.4) is 0 Å². The number of hydrogen-bond donors (Lipinski definition) is 0. The van der Waals surface area contributed by atoms with E-state index in [0.29, 0.717) is 41.1 Å². The standard InChI is InChI=1S/C25H35BF2N3O3/c1-15-11-17(3)29-22(15)20(23-16(2)12-18(4)30(23)26(27)28)9-10-21(32)34-19-13-24(5,6)31(33)25(7,8)14-19/h11-12,19H,9-10,13-14H2,1-8H3/b22-20-. The summed E-state index contributed by atoms with van der Waals surface area (Å²) in [4.78, 5) is 17.5. The summed E-state index contributed by atoms with van der Waals surface area (Å²) in [7, 11) is -2.70. The van der Waals surface area contributed by atoms with E-state index in [1.807, 2.05) is 47.6 Å². The molecule has 6 nitrogen and oxygen atoms in total. The molecule has 0 bridgehead atoms. The van der Waals surface area contributed by atoms with E-state index < -0.39 is 24.4 Å². The topological polar surface area (TPSA) is 66.7 Å². The van der Waals surface area contributed by atoms with E-state index in [4.69, 9.17) is 4.74 Å². The normalized spacial score (nSPS) is 21.9. The Labute approximate surface area is 201 Å². The second-order valence-electron chi connectivity index (χ2n) is 10.8. The summed E-state index contributed by atoms with van der Waals surface area (Å²) in [6.45, 7) is 14.6. The largest absolute Gasteiger partial charge is 0.677 e. The zero-order valence-electron chi connectivity index (χ0n) is 21.5. The number of halogens is 2. The number of rotatable bonds is 6. The number of carbonyl (C=O) groups is 1. The molecule has 0 aliphatic carbocycles. The Kier molecular flexibility index (Phi) is 7.30. The molecule has 3 heterocycles. The zero-order chi connectivity index (χ0) is 25.6. The number of hydroxylamine groups is 2. The van der Waals surface area contributed by atoms with Crippen molar-refractivity contribution in [2.75, 3.05) is 0 Å². The van der Waals surface area contributed by atoms with Crippen LogP contribution in [-0.4, -0.2) is 45.8 Å². The molecule has 1 radical (unpaired) electrons. The van der Waals surface area contributed by atoms with Gasteiger partial charge in [-0.25, -0.2) is 0 Å². The number of aliphatic imine (C=N–C) groups is 1. The maximum absolute atomic E-state index is 14.0. The van der Waals surface area contributed by atoms with E-state index in [9.17, 15) is 18.6 Å². The fraction of sp³-hybridized carbons (Fsp3) is 0.600. The number of ether oxygens (including phenoxy) is 1. The van der Waals surface area contributed by atoms with Gasteiger partial charge in [0.1, 0.15) is 6.10 Å². The Morgan fingerprint density at radius 2 is 1.71 bits per heavy atom. The molecule has 1 aromatic heterocycles. The van der Waals surface area contributed by atoms with Crippen LogP contribution in [0.15, 0.2) is 28.4 Å². The van der Waals surface area contributed by atoms with Gasteiger partial charge in [0.2, 0.25) is 0 Å². The van der Waals surface area contributed by atoms with E-state index in [-0.39, 0.29) is 18.9 Å². The van der Waals surface area contributed by atoms with Crippen LogP contribution in [0.5, 0.6) is 0 Å². The summed E-state index contributed by atoms with van der Waals surface area (Å²) in [6, 6.07) is 1.73. The first-order valence-electron chi connectivity index (χ1n) is 11.7. The molecular weight excluding hydrogens is 439 g/mol. The minimum absolute atomic E-state index is 0.0338. The predicted molar refractivity (Wildman–Crippen MR) is 130 cm³/mol. The molecule has 0 unspecified atom stereocenters. The molecule has 0 saturated carbocycles. The molecule has 1 fully saturated rings. The first-order valence-corrected chi connectivity index (χ1v) is 11.7. The first-order chi connectivity index (χ1) is 15.6. The predicted octanol–water partition coefficient (Wildman–Crippen LogP) is 5.70. The molecule has 0 aromatic carbocycles. The third-order valence-electron chi connectivity index (χ3n) is 6.70. The van der Waals surface area contributed by atoms with E-state index in [1.165, 1.54) is 0 Å². The van der Waals surface area contributed by atoms with E-state index >= 15 is 0 Å².